The first-order valence-electron chi connectivity index (χ1n) is 8.41. The number of sulfonamides is 1. The molecule has 1 aliphatic rings. The van der Waals surface area contributed by atoms with Gasteiger partial charge in [-0.05, 0) is 43.5 Å². The number of nitrogens with one attached hydrogen (secondary N) is 1. The minimum Gasteiger partial charge on any atom is -0.372 e. The monoisotopic (exact) mass is 414 g/mol. The molecule has 0 bridgehead atoms. The summed E-state index contributed by atoms with van der Waals surface area (Å²) in [6.07, 6.45) is 4.43. The quantitative estimate of drug-likeness (QED) is 0.748. The largest absolute Gasteiger partial charge is 0.516 e. The van der Waals surface area contributed by atoms with Gasteiger partial charge in [-0.2, -0.15) is 21.6 Å². The van der Waals surface area contributed by atoms with Crippen molar-refractivity contribution in [2.45, 2.75) is 25.3 Å². The van der Waals surface area contributed by atoms with E-state index in [1.807, 2.05) is 11.8 Å². The van der Waals surface area contributed by atoms with Gasteiger partial charge in [-0.15, -0.1) is 10.2 Å². The highest BCUT2D eigenvalue weighted by molar-refractivity contribution is 7.93. The Hall–Kier alpha value is -2.76. The lowest BCUT2D eigenvalue weighted by Gasteiger charge is -2.31. The van der Waals surface area contributed by atoms with Gasteiger partial charge in [0.05, 0.1) is 5.69 Å². The fourth-order valence-electron chi connectivity index (χ4n) is 2.83. The maximum atomic E-state index is 12.8. The van der Waals surface area contributed by atoms with Gasteiger partial charge in [0.2, 0.25) is 0 Å². The third-order valence-corrected chi connectivity index (χ3v) is 5.24. The smallest absolute Gasteiger partial charge is 0.372 e. The molecule has 0 amide bonds. The number of azo groups is 1. The van der Waals surface area contributed by atoms with Crippen LogP contribution >= 0.6 is 0 Å². The second kappa shape index (κ2) is 7.70. The Morgan fingerprint density at radius 1 is 1.21 bits per heavy atom. The molecule has 1 aromatic carbocycles. The standard InChI is InChI=1S/C16H17F3N6O2S/c1-2-25-8-3-5-11-9-12(22-23-15-20-6-4-7-21-15)13(10-14(11)25)24-28(26,27)16(17,18)19/h4,6-7,9-10,24H,2-3,5,8H2,1H3. The summed E-state index contributed by atoms with van der Waals surface area (Å²) in [7, 11) is -5.61. The van der Waals surface area contributed by atoms with Gasteiger partial charge in [0.15, 0.2) is 0 Å². The number of alkyl halides is 3. The number of halogens is 3. The second-order valence-corrected chi connectivity index (χ2v) is 7.66. The van der Waals surface area contributed by atoms with Crippen LogP contribution in [0.3, 0.4) is 0 Å². The van der Waals surface area contributed by atoms with Crippen LogP contribution in [-0.2, 0) is 16.4 Å². The highest BCUT2D eigenvalue weighted by Crippen LogP contribution is 2.39. The Morgan fingerprint density at radius 2 is 1.93 bits per heavy atom. The number of hydrogen-bond acceptors (Lipinski definition) is 7. The van der Waals surface area contributed by atoms with Gasteiger partial charge < -0.3 is 4.90 Å². The van der Waals surface area contributed by atoms with Crippen LogP contribution in [0.25, 0.3) is 0 Å². The Labute approximate surface area is 159 Å². The van der Waals surface area contributed by atoms with Gasteiger partial charge in [0.1, 0.15) is 5.69 Å². The molecule has 28 heavy (non-hydrogen) atoms. The molecule has 1 aliphatic heterocycles. The lowest BCUT2D eigenvalue weighted by molar-refractivity contribution is -0.0429. The van der Waals surface area contributed by atoms with Crippen LogP contribution in [-0.4, -0.2) is 37.0 Å². The number of fused-ring (bicyclic) bond motifs is 1. The molecule has 0 unspecified atom stereocenters. The van der Waals surface area contributed by atoms with E-state index in [0.717, 1.165) is 18.5 Å². The van der Waals surface area contributed by atoms with Crippen molar-refractivity contribution in [1.29, 1.82) is 0 Å². The molecular weight excluding hydrogens is 397 g/mol. The van der Waals surface area contributed by atoms with Gasteiger partial charge in [0.25, 0.3) is 5.95 Å². The first-order chi connectivity index (χ1) is 13.2. The third-order valence-electron chi connectivity index (χ3n) is 4.14. The lowest BCUT2D eigenvalue weighted by Crippen LogP contribution is -2.31. The molecule has 0 fully saturated rings. The molecule has 0 radical (unpaired) electrons. The summed E-state index contributed by atoms with van der Waals surface area (Å²) in [5, 5.41) is 7.68. The number of anilines is 2. The molecule has 0 aliphatic carbocycles. The van der Waals surface area contributed by atoms with E-state index in [4.69, 9.17) is 0 Å². The first-order valence-corrected chi connectivity index (χ1v) is 9.89. The van der Waals surface area contributed by atoms with Crippen LogP contribution in [0.4, 0.5) is 36.2 Å². The minimum absolute atomic E-state index is 0.0000314. The summed E-state index contributed by atoms with van der Waals surface area (Å²) in [6.45, 7) is 3.28. The predicted molar refractivity (Wildman–Crippen MR) is 97.5 cm³/mol. The summed E-state index contributed by atoms with van der Waals surface area (Å²) >= 11 is 0. The van der Waals surface area contributed by atoms with Crippen LogP contribution in [0.15, 0.2) is 40.8 Å². The number of nitrogens with zero attached hydrogens (tertiary/aromatic N) is 5. The Balaban J connectivity index is 2.07. The van der Waals surface area contributed by atoms with E-state index < -0.39 is 15.5 Å². The van der Waals surface area contributed by atoms with Gasteiger partial charge in [-0.25, -0.2) is 9.97 Å². The second-order valence-electron chi connectivity index (χ2n) is 5.98. The SMILES string of the molecule is CCN1CCCc2cc(N=Nc3ncccn3)c(NS(=O)(=O)C(F)(F)F)cc21. The molecule has 0 saturated carbocycles. The molecular formula is C16H17F3N6O2S. The highest BCUT2D eigenvalue weighted by atomic mass is 32.2. The van der Waals surface area contributed by atoms with Crippen molar-refractivity contribution in [1.82, 2.24) is 9.97 Å². The van der Waals surface area contributed by atoms with Gasteiger partial charge in [-0.1, -0.05) is 0 Å². The zero-order valence-electron chi connectivity index (χ0n) is 14.8. The van der Waals surface area contributed by atoms with E-state index in [1.165, 1.54) is 24.5 Å². The summed E-state index contributed by atoms with van der Waals surface area (Å²) in [4.78, 5) is 9.67. The molecule has 150 valence electrons. The zero-order valence-corrected chi connectivity index (χ0v) is 15.6. The number of aryl methyl sites for hydroxylation is 1. The van der Waals surface area contributed by atoms with E-state index >= 15 is 0 Å². The van der Waals surface area contributed by atoms with Crippen LogP contribution in [0, 0.1) is 0 Å². The van der Waals surface area contributed by atoms with Crippen molar-refractivity contribution >= 4 is 33.0 Å². The zero-order chi connectivity index (χ0) is 20.4. The van der Waals surface area contributed by atoms with E-state index in [9.17, 15) is 21.6 Å². The molecule has 1 N–H and O–H groups in total. The van der Waals surface area contributed by atoms with Gasteiger partial charge >= 0.3 is 15.5 Å². The maximum absolute atomic E-state index is 12.8. The topological polar surface area (TPSA) is 99.9 Å². The van der Waals surface area contributed by atoms with Crippen LogP contribution < -0.4 is 9.62 Å². The number of rotatable bonds is 5. The van der Waals surface area contributed by atoms with Crippen molar-refractivity contribution in [3.05, 3.63) is 36.2 Å². The number of hydrogen-bond donors (Lipinski definition) is 1. The molecule has 0 saturated heterocycles. The Kier molecular flexibility index (Phi) is 5.49. The van der Waals surface area contributed by atoms with Crippen molar-refractivity contribution < 1.29 is 21.6 Å². The molecule has 3 rings (SSSR count). The van der Waals surface area contributed by atoms with Gasteiger partial charge in [0, 0.05) is 31.2 Å². The molecule has 0 atom stereocenters. The summed E-state index contributed by atoms with van der Waals surface area (Å²) in [5.74, 6) is 0.0000314. The molecule has 8 nitrogen and oxygen atoms in total. The van der Waals surface area contributed by atoms with Crippen molar-refractivity contribution in [3.63, 3.8) is 0 Å². The normalized spacial score (nSPS) is 14.9. The van der Waals surface area contributed by atoms with E-state index in [2.05, 4.69) is 20.2 Å². The third kappa shape index (κ3) is 4.21. The fourth-order valence-corrected chi connectivity index (χ4v) is 3.40. The summed E-state index contributed by atoms with van der Waals surface area (Å²) < 4.78 is 63.4. The number of benzene rings is 1. The molecule has 12 heteroatoms. The highest BCUT2D eigenvalue weighted by Gasteiger charge is 2.46. The average Bonchev–Trinajstić information content (AvgIpc) is 2.65. The molecule has 2 aromatic rings. The molecule has 2 heterocycles. The van der Waals surface area contributed by atoms with E-state index in [0.29, 0.717) is 18.7 Å². The Bertz CT molecular complexity index is 980. The number of aromatic nitrogens is 2. The minimum atomic E-state index is -5.61. The maximum Gasteiger partial charge on any atom is 0.516 e. The first kappa shape index (κ1) is 20.0. The fraction of sp³-hybridized carbons (Fsp3) is 0.375. The van der Waals surface area contributed by atoms with Crippen LogP contribution in [0.2, 0.25) is 0 Å². The average molecular weight is 414 g/mol. The van der Waals surface area contributed by atoms with E-state index in [-0.39, 0.29) is 17.3 Å². The summed E-state index contributed by atoms with van der Waals surface area (Å²) in [6, 6.07) is 4.47. The van der Waals surface area contributed by atoms with E-state index in [1.54, 1.807) is 10.8 Å². The molecule has 0 spiro atoms. The van der Waals surface area contributed by atoms with Gasteiger partial charge in [-0.3, -0.25) is 4.72 Å². The van der Waals surface area contributed by atoms with Crippen molar-refractivity contribution in [2.24, 2.45) is 10.2 Å². The van der Waals surface area contributed by atoms with Crippen molar-refractivity contribution in [3.8, 4) is 0 Å². The molecule has 1 aromatic heterocycles. The van der Waals surface area contributed by atoms with Crippen molar-refractivity contribution in [2.75, 3.05) is 22.7 Å². The lowest BCUT2D eigenvalue weighted by atomic mass is 10.0. The summed E-state index contributed by atoms with van der Waals surface area (Å²) in [5.41, 5.74) is -4.28. The Morgan fingerprint density at radius 3 is 2.57 bits per heavy atom. The van der Waals surface area contributed by atoms with Crippen LogP contribution in [0.1, 0.15) is 18.9 Å². The predicted octanol–water partition coefficient (Wildman–Crippen LogP) is 3.93. The van der Waals surface area contributed by atoms with Crippen LogP contribution in [0.5, 0.6) is 0 Å².